The minimum atomic E-state index is -3.33. The Kier molecular flexibility index (Phi) is 5.20. The number of hydrogen-bond donors (Lipinski definition) is 2. The first-order valence-electron chi connectivity index (χ1n) is 7.09. The van der Waals surface area contributed by atoms with Gasteiger partial charge in [0.05, 0.1) is 11.4 Å². The first-order valence-corrected chi connectivity index (χ1v) is 8.75. The second-order valence-electron chi connectivity index (χ2n) is 5.12. The Bertz CT molecular complexity index is 808. The topological polar surface area (TPSA) is 58.2 Å². The standard InChI is InChI=1S/C16H18F2N2O2S/c1-3-23(21,22)20-16-7-6-14(8-11(16)2)19-10-12-4-5-13(17)9-15(12)18/h4-9,19-20H,3,10H2,1-2H3. The van der Waals surface area contributed by atoms with Crippen LogP contribution in [-0.2, 0) is 16.6 Å². The van der Waals surface area contributed by atoms with Crippen LogP contribution in [0.15, 0.2) is 36.4 Å². The number of sulfonamides is 1. The van der Waals surface area contributed by atoms with Crippen LogP contribution in [0.4, 0.5) is 20.2 Å². The fourth-order valence-corrected chi connectivity index (χ4v) is 2.70. The Hall–Kier alpha value is -2.15. The number of anilines is 2. The molecule has 0 aliphatic carbocycles. The molecule has 23 heavy (non-hydrogen) atoms. The SMILES string of the molecule is CCS(=O)(=O)Nc1ccc(NCc2ccc(F)cc2F)cc1C. The molecule has 4 nitrogen and oxygen atoms in total. The third-order valence-electron chi connectivity index (χ3n) is 3.37. The summed E-state index contributed by atoms with van der Waals surface area (Å²) in [6.45, 7) is 3.54. The van der Waals surface area contributed by atoms with Gasteiger partial charge in [0.1, 0.15) is 11.6 Å². The van der Waals surface area contributed by atoms with E-state index in [0.29, 0.717) is 16.9 Å². The molecular formula is C16H18F2N2O2S. The van der Waals surface area contributed by atoms with Gasteiger partial charge in [0.15, 0.2) is 0 Å². The summed E-state index contributed by atoms with van der Waals surface area (Å²) in [5.74, 6) is -1.23. The van der Waals surface area contributed by atoms with Crippen molar-refractivity contribution in [3.8, 4) is 0 Å². The van der Waals surface area contributed by atoms with Crippen molar-refractivity contribution in [2.45, 2.75) is 20.4 Å². The molecule has 0 amide bonds. The molecule has 0 aromatic heterocycles. The molecule has 0 aliphatic heterocycles. The van der Waals surface area contributed by atoms with Gasteiger partial charge in [-0.05, 0) is 43.7 Å². The summed E-state index contributed by atoms with van der Waals surface area (Å²) in [4.78, 5) is 0. The van der Waals surface area contributed by atoms with Gasteiger partial charge in [-0.15, -0.1) is 0 Å². The maximum Gasteiger partial charge on any atom is 0.232 e. The van der Waals surface area contributed by atoms with Gasteiger partial charge in [0, 0.05) is 23.9 Å². The Morgan fingerprint density at radius 3 is 2.43 bits per heavy atom. The van der Waals surface area contributed by atoms with E-state index in [9.17, 15) is 17.2 Å². The van der Waals surface area contributed by atoms with Gasteiger partial charge in [0.2, 0.25) is 10.0 Å². The van der Waals surface area contributed by atoms with Crippen LogP contribution in [-0.4, -0.2) is 14.2 Å². The fourth-order valence-electron chi connectivity index (χ4n) is 1.99. The molecule has 0 saturated heterocycles. The summed E-state index contributed by atoms with van der Waals surface area (Å²) in [5.41, 5.74) is 2.31. The Labute approximate surface area is 134 Å². The maximum atomic E-state index is 13.6. The normalized spacial score (nSPS) is 11.3. The van der Waals surface area contributed by atoms with Crippen molar-refractivity contribution in [1.82, 2.24) is 0 Å². The molecule has 7 heteroatoms. The zero-order valence-electron chi connectivity index (χ0n) is 12.9. The van der Waals surface area contributed by atoms with Crippen LogP contribution in [0.2, 0.25) is 0 Å². The molecular weight excluding hydrogens is 322 g/mol. The monoisotopic (exact) mass is 340 g/mol. The van der Waals surface area contributed by atoms with E-state index in [1.807, 2.05) is 0 Å². The van der Waals surface area contributed by atoms with E-state index in [4.69, 9.17) is 0 Å². The largest absolute Gasteiger partial charge is 0.381 e. The lowest BCUT2D eigenvalue weighted by Gasteiger charge is -2.12. The number of rotatable bonds is 6. The minimum Gasteiger partial charge on any atom is -0.381 e. The number of aryl methyl sites for hydroxylation is 1. The van der Waals surface area contributed by atoms with Gasteiger partial charge in [-0.3, -0.25) is 4.72 Å². The van der Waals surface area contributed by atoms with Gasteiger partial charge in [-0.1, -0.05) is 6.07 Å². The first kappa shape index (κ1) is 17.2. The van der Waals surface area contributed by atoms with E-state index in [-0.39, 0.29) is 12.3 Å². The summed E-state index contributed by atoms with van der Waals surface area (Å²) in [5, 5.41) is 3.03. The van der Waals surface area contributed by atoms with Crippen molar-refractivity contribution >= 4 is 21.4 Å². The third kappa shape index (κ3) is 4.66. The Balaban J connectivity index is 2.09. The molecule has 0 spiro atoms. The number of nitrogens with one attached hydrogen (secondary N) is 2. The molecule has 0 radical (unpaired) electrons. The molecule has 2 aromatic carbocycles. The van der Waals surface area contributed by atoms with Crippen LogP contribution < -0.4 is 10.0 Å². The van der Waals surface area contributed by atoms with Gasteiger partial charge in [-0.25, -0.2) is 17.2 Å². The molecule has 0 fully saturated rings. The highest BCUT2D eigenvalue weighted by Crippen LogP contribution is 2.21. The van der Waals surface area contributed by atoms with Gasteiger partial charge in [-0.2, -0.15) is 0 Å². The number of benzene rings is 2. The summed E-state index contributed by atoms with van der Waals surface area (Å²) in [6.07, 6.45) is 0. The highest BCUT2D eigenvalue weighted by Gasteiger charge is 2.09. The van der Waals surface area contributed by atoms with Crippen molar-refractivity contribution in [2.24, 2.45) is 0 Å². The third-order valence-corrected chi connectivity index (χ3v) is 4.66. The first-order chi connectivity index (χ1) is 10.8. The lowest BCUT2D eigenvalue weighted by atomic mass is 10.1. The zero-order chi connectivity index (χ0) is 17.0. The molecule has 0 aliphatic rings. The Morgan fingerprint density at radius 2 is 1.83 bits per heavy atom. The summed E-state index contributed by atoms with van der Waals surface area (Å²) < 4.78 is 52.1. The van der Waals surface area contributed by atoms with Crippen LogP contribution in [0.1, 0.15) is 18.1 Å². The van der Waals surface area contributed by atoms with E-state index < -0.39 is 21.7 Å². The predicted molar refractivity (Wildman–Crippen MR) is 87.9 cm³/mol. The van der Waals surface area contributed by atoms with Gasteiger partial charge in [0.25, 0.3) is 0 Å². The van der Waals surface area contributed by atoms with E-state index >= 15 is 0 Å². The minimum absolute atomic E-state index is 0.00369. The van der Waals surface area contributed by atoms with Crippen molar-refractivity contribution in [2.75, 3.05) is 15.8 Å². The predicted octanol–water partition coefficient (Wildman–Crippen LogP) is 3.65. The zero-order valence-corrected chi connectivity index (χ0v) is 13.7. The van der Waals surface area contributed by atoms with Crippen LogP contribution in [0, 0.1) is 18.6 Å². The molecule has 0 saturated carbocycles. The van der Waals surface area contributed by atoms with Crippen molar-refractivity contribution in [1.29, 1.82) is 0 Å². The highest BCUT2D eigenvalue weighted by molar-refractivity contribution is 7.92. The van der Waals surface area contributed by atoms with Crippen LogP contribution in [0.5, 0.6) is 0 Å². The van der Waals surface area contributed by atoms with Gasteiger partial charge >= 0.3 is 0 Å². The van der Waals surface area contributed by atoms with Crippen LogP contribution in [0.3, 0.4) is 0 Å². The van der Waals surface area contributed by atoms with E-state index in [2.05, 4.69) is 10.0 Å². The molecule has 124 valence electrons. The molecule has 0 bridgehead atoms. The molecule has 2 rings (SSSR count). The lowest BCUT2D eigenvalue weighted by Crippen LogP contribution is -2.15. The van der Waals surface area contributed by atoms with Crippen molar-refractivity contribution in [3.63, 3.8) is 0 Å². The molecule has 2 aromatic rings. The lowest BCUT2D eigenvalue weighted by molar-refractivity contribution is 0.574. The van der Waals surface area contributed by atoms with Gasteiger partial charge < -0.3 is 5.32 Å². The molecule has 2 N–H and O–H groups in total. The fraction of sp³-hybridized carbons (Fsp3) is 0.250. The van der Waals surface area contributed by atoms with E-state index in [0.717, 1.165) is 11.6 Å². The summed E-state index contributed by atoms with van der Waals surface area (Å²) >= 11 is 0. The van der Waals surface area contributed by atoms with Crippen molar-refractivity contribution in [3.05, 3.63) is 59.2 Å². The molecule has 0 atom stereocenters. The average Bonchev–Trinajstić information content (AvgIpc) is 2.49. The quantitative estimate of drug-likeness (QED) is 0.844. The Morgan fingerprint density at radius 1 is 1.09 bits per heavy atom. The van der Waals surface area contributed by atoms with Crippen LogP contribution >= 0.6 is 0 Å². The summed E-state index contributed by atoms with van der Waals surface area (Å²) in [6, 6.07) is 8.52. The second-order valence-corrected chi connectivity index (χ2v) is 7.14. The smallest absolute Gasteiger partial charge is 0.232 e. The maximum absolute atomic E-state index is 13.6. The second kappa shape index (κ2) is 6.95. The number of hydrogen-bond acceptors (Lipinski definition) is 3. The van der Waals surface area contributed by atoms with E-state index in [1.165, 1.54) is 12.1 Å². The van der Waals surface area contributed by atoms with Crippen LogP contribution in [0.25, 0.3) is 0 Å². The summed E-state index contributed by atoms with van der Waals surface area (Å²) in [7, 11) is -3.33. The number of halogens is 2. The highest BCUT2D eigenvalue weighted by atomic mass is 32.2. The molecule has 0 unspecified atom stereocenters. The molecule has 0 heterocycles. The van der Waals surface area contributed by atoms with E-state index in [1.54, 1.807) is 32.0 Å². The van der Waals surface area contributed by atoms with Crippen molar-refractivity contribution < 1.29 is 17.2 Å². The average molecular weight is 340 g/mol.